The Balaban J connectivity index is 1.88. The van der Waals surface area contributed by atoms with E-state index in [0.29, 0.717) is 16.8 Å². The van der Waals surface area contributed by atoms with Crippen LogP contribution in [0.5, 0.6) is 0 Å². The Kier molecular flexibility index (Phi) is 6.38. The normalized spacial score (nSPS) is 17.1. The van der Waals surface area contributed by atoms with Gasteiger partial charge in [-0.3, -0.25) is 19.5 Å². The zero-order valence-corrected chi connectivity index (χ0v) is 19.3. The van der Waals surface area contributed by atoms with Crippen LogP contribution in [0.25, 0.3) is 5.76 Å². The molecule has 3 heterocycles. The maximum Gasteiger partial charge on any atom is 0.350 e. The molecule has 3 aromatic rings. The van der Waals surface area contributed by atoms with Crippen molar-refractivity contribution in [1.82, 2.24) is 9.97 Å². The summed E-state index contributed by atoms with van der Waals surface area (Å²) in [6, 6.07) is 9.46. The molecular formula is C25H21N3O5S. The molecule has 1 amide bonds. The first kappa shape index (κ1) is 23.1. The Morgan fingerprint density at radius 2 is 1.85 bits per heavy atom. The van der Waals surface area contributed by atoms with Crippen molar-refractivity contribution >= 4 is 39.9 Å². The Morgan fingerprint density at radius 3 is 2.50 bits per heavy atom. The van der Waals surface area contributed by atoms with Crippen molar-refractivity contribution in [2.75, 3.05) is 11.5 Å². The first-order chi connectivity index (χ1) is 16.3. The number of hydrogen-bond acceptors (Lipinski definition) is 8. The average molecular weight is 476 g/mol. The van der Waals surface area contributed by atoms with Gasteiger partial charge in [0.15, 0.2) is 5.13 Å². The fourth-order valence-electron chi connectivity index (χ4n) is 3.63. The van der Waals surface area contributed by atoms with Crippen molar-refractivity contribution in [2.45, 2.75) is 19.9 Å². The van der Waals surface area contributed by atoms with Gasteiger partial charge in [0.25, 0.3) is 5.78 Å². The summed E-state index contributed by atoms with van der Waals surface area (Å²) in [4.78, 5) is 48.6. The van der Waals surface area contributed by atoms with Crippen LogP contribution in [0.4, 0.5) is 5.13 Å². The van der Waals surface area contributed by atoms with E-state index in [0.717, 1.165) is 16.9 Å². The van der Waals surface area contributed by atoms with Crippen molar-refractivity contribution < 1.29 is 24.2 Å². The molecule has 1 aliphatic rings. The van der Waals surface area contributed by atoms with Crippen LogP contribution in [-0.4, -0.2) is 39.3 Å². The van der Waals surface area contributed by atoms with E-state index in [2.05, 4.69) is 16.5 Å². The van der Waals surface area contributed by atoms with Crippen molar-refractivity contribution in [2.24, 2.45) is 0 Å². The molecule has 1 fully saturated rings. The van der Waals surface area contributed by atoms with E-state index in [9.17, 15) is 19.5 Å². The Hall–Kier alpha value is -4.11. The number of ketones is 1. The van der Waals surface area contributed by atoms with E-state index in [1.807, 2.05) is 19.1 Å². The van der Waals surface area contributed by atoms with Gasteiger partial charge in [-0.1, -0.05) is 53.8 Å². The molecule has 0 saturated carbocycles. The van der Waals surface area contributed by atoms with Crippen LogP contribution in [0.15, 0.2) is 67.0 Å². The monoisotopic (exact) mass is 475 g/mol. The number of aliphatic hydroxyl groups is 1. The van der Waals surface area contributed by atoms with E-state index in [1.54, 1.807) is 31.2 Å². The lowest BCUT2D eigenvalue weighted by Gasteiger charge is -2.23. The quantitative estimate of drug-likeness (QED) is 0.188. The van der Waals surface area contributed by atoms with Gasteiger partial charge in [0.1, 0.15) is 17.2 Å². The number of Topliss-reactive ketones (excluding diaryl/α,β-unsaturated/α-hetero) is 1. The number of ether oxygens (including phenoxy) is 1. The van der Waals surface area contributed by atoms with Crippen LogP contribution in [-0.2, 0) is 14.3 Å². The second-order valence-corrected chi connectivity index (χ2v) is 8.59. The molecule has 2 aromatic heterocycles. The number of anilines is 1. The molecular weight excluding hydrogens is 454 g/mol. The fraction of sp³-hybridized carbons (Fsp3) is 0.160. The Morgan fingerprint density at radius 1 is 1.18 bits per heavy atom. The van der Waals surface area contributed by atoms with Crippen molar-refractivity contribution in [3.05, 3.63) is 94.3 Å². The number of nitrogens with zero attached hydrogens (tertiary/aromatic N) is 3. The highest BCUT2D eigenvalue weighted by molar-refractivity contribution is 7.17. The van der Waals surface area contributed by atoms with Gasteiger partial charge in [-0.25, -0.2) is 9.78 Å². The van der Waals surface area contributed by atoms with E-state index in [-0.39, 0.29) is 27.9 Å². The third-order valence-corrected chi connectivity index (χ3v) is 6.44. The topological polar surface area (TPSA) is 110 Å². The summed E-state index contributed by atoms with van der Waals surface area (Å²) in [5.41, 5.74) is 2.27. The Labute approximate surface area is 199 Å². The third kappa shape index (κ3) is 4.13. The molecule has 0 spiro atoms. The lowest BCUT2D eigenvalue weighted by atomic mass is 9.95. The molecule has 1 saturated heterocycles. The summed E-state index contributed by atoms with van der Waals surface area (Å²) < 4.78 is 5.11. The molecule has 4 rings (SSSR count). The fourth-order valence-corrected chi connectivity index (χ4v) is 4.62. The van der Waals surface area contributed by atoms with Crippen LogP contribution in [0.1, 0.15) is 38.1 Å². The number of thiazole rings is 1. The lowest BCUT2D eigenvalue weighted by Crippen LogP contribution is -2.29. The molecule has 1 aliphatic heterocycles. The van der Waals surface area contributed by atoms with Crippen LogP contribution in [0, 0.1) is 13.8 Å². The van der Waals surface area contributed by atoms with Gasteiger partial charge in [-0.2, -0.15) is 0 Å². The first-order valence-corrected chi connectivity index (χ1v) is 11.2. The maximum absolute atomic E-state index is 13.2. The summed E-state index contributed by atoms with van der Waals surface area (Å²) >= 11 is 0.951. The Bertz CT molecular complexity index is 1310. The van der Waals surface area contributed by atoms with Crippen LogP contribution in [0.2, 0.25) is 0 Å². The number of aromatic nitrogens is 2. The van der Waals surface area contributed by atoms with Crippen LogP contribution in [0.3, 0.4) is 0 Å². The van der Waals surface area contributed by atoms with E-state index >= 15 is 0 Å². The number of carbonyl (C=O) groups is 3. The van der Waals surface area contributed by atoms with Gasteiger partial charge >= 0.3 is 11.9 Å². The molecule has 1 atom stereocenters. The van der Waals surface area contributed by atoms with E-state index in [4.69, 9.17) is 4.74 Å². The highest BCUT2D eigenvalue weighted by Gasteiger charge is 2.48. The average Bonchev–Trinajstić information content (AvgIpc) is 3.35. The predicted octanol–water partition coefficient (Wildman–Crippen LogP) is 4.12. The molecule has 34 heavy (non-hydrogen) atoms. The number of amides is 1. The molecule has 1 unspecified atom stereocenters. The molecule has 1 aromatic carbocycles. The minimum atomic E-state index is -0.934. The third-order valence-electron chi connectivity index (χ3n) is 5.30. The number of carbonyl (C=O) groups excluding carboxylic acids is 3. The number of pyridine rings is 1. The van der Waals surface area contributed by atoms with Gasteiger partial charge in [0.05, 0.1) is 17.3 Å². The van der Waals surface area contributed by atoms with Crippen molar-refractivity contribution in [3.8, 4) is 0 Å². The first-order valence-electron chi connectivity index (χ1n) is 10.4. The summed E-state index contributed by atoms with van der Waals surface area (Å²) in [5.74, 6) is -2.60. The predicted molar refractivity (Wildman–Crippen MR) is 128 cm³/mol. The summed E-state index contributed by atoms with van der Waals surface area (Å²) in [6.07, 6.45) is 4.42. The molecule has 1 N–H and O–H groups in total. The molecule has 0 radical (unpaired) electrons. The number of aryl methyl sites for hydroxylation is 2. The minimum absolute atomic E-state index is 0.0331. The number of rotatable bonds is 6. The summed E-state index contributed by atoms with van der Waals surface area (Å²) in [6.45, 7) is 7.10. The molecule has 8 nitrogen and oxygen atoms in total. The highest BCUT2D eigenvalue weighted by Crippen LogP contribution is 2.43. The zero-order valence-electron chi connectivity index (χ0n) is 18.5. The van der Waals surface area contributed by atoms with E-state index < -0.39 is 23.7 Å². The number of aliphatic hydroxyl groups excluding tert-OH is 1. The van der Waals surface area contributed by atoms with E-state index in [1.165, 1.54) is 23.4 Å². The second kappa shape index (κ2) is 9.40. The molecule has 172 valence electrons. The number of hydrogen-bond donors (Lipinski definition) is 1. The second-order valence-electron chi connectivity index (χ2n) is 7.61. The zero-order chi connectivity index (χ0) is 24.4. The van der Waals surface area contributed by atoms with Crippen molar-refractivity contribution in [3.63, 3.8) is 0 Å². The largest absolute Gasteiger partial charge is 0.507 e. The van der Waals surface area contributed by atoms with Gasteiger partial charge in [0, 0.05) is 18.0 Å². The van der Waals surface area contributed by atoms with Crippen LogP contribution >= 0.6 is 11.3 Å². The molecule has 0 bridgehead atoms. The smallest absolute Gasteiger partial charge is 0.350 e. The molecule has 9 heteroatoms. The number of benzene rings is 1. The minimum Gasteiger partial charge on any atom is -0.507 e. The molecule has 0 aliphatic carbocycles. The maximum atomic E-state index is 13.2. The van der Waals surface area contributed by atoms with Gasteiger partial charge < -0.3 is 9.84 Å². The van der Waals surface area contributed by atoms with Crippen LogP contribution < -0.4 is 4.90 Å². The van der Waals surface area contributed by atoms with Gasteiger partial charge in [-0.15, -0.1) is 0 Å². The lowest BCUT2D eigenvalue weighted by molar-refractivity contribution is -0.132. The summed E-state index contributed by atoms with van der Waals surface area (Å²) in [5, 5.41) is 11.2. The van der Waals surface area contributed by atoms with Gasteiger partial charge in [0.2, 0.25) is 0 Å². The summed E-state index contributed by atoms with van der Waals surface area (Å²) in [7, 11) is 0. The standard InChI is InChI=1S/C25H21N3O5S/c1-4-13-33-24(32)22-15(3)27-25(34-22)28-19(16-7-5-14(2)6-8-16)18(21(30)23(28)31)20(29)17-9-11-26-12-10-17/h4-12,19,29H,1,13H2,2-3H3. The number of esters is 1. The van der Waals surface area contributed by atoms with Gasteiger partial charge in [-0.05, 0) is 31.5 Å². The highest BCUT2D eigenvalue weighted by atomic mass is 32.1. The van der Waals surface area contributed by atoms with Crippen molar-refractivity contribution in [1.29, 1.82) is 0 Å². The SMILES string of the molecule is C=CCOC(=O)c1sc(N2C(=O)C(=O)C(=C(O)c3ccncc3)C2c2ccc(C)cc2)nc1C.